The van der Waals surface area contributed by atoms with Crippen molar-refractivity contribution in [1.82, 2.24) is 25.4 Å². The van der Waals surface area contributed by atoms with Gasteiger partial charge in [0.05, 0.1) is 13.1 Å². The summed E-state index contributed by atoms with van der Waals surface area (Å²) in [5.41, 5.74) is 0.895. The second-order valence-electron chi connectivity index (χ2n) is 5.89. The number of aliphatic imine (C=N–C) groups is 1. The maximum Gasteiger partial charge on any atom is 0.191 e. The van der Waals surface area contributed by atoms with Crippen LogP contribution in [0.2, 0.25) is 0 Å². The molecule has 6 nitrogen and oxygen atoms in total. The quantitative estimate of drug-likeness (QED) is 0.292. The van der Waals surface area contributed by atoms with E-state index in [1.165, 1.54) is 6.07 Å². The van der Waals surface area contributed by atoms with Crippen molar-refractivity contribution in [2.45, 2.75) is 43.8 Å². The first-order valence-corrected chi connectivity index (χ1v) is 9.66. The number of thioether (sulfide) groups is 1. The summed E-state index contributed by atoms with van der Waals surface area (Å²) in [6.07, 6.45) is 5.48. The number of fused-ring (bicyclic) bond motifs is 1. The minimum Gasteiger partial charge on any atom is -0.357 e. The summed E-state index contributed by atoms with van der Waals surface area (Å²) < 4.78 is 15.5. The molecule has 1 unspecified atom stereocenters. The summed E-state index contributed by atoms with van der Waals surface area (Å²) in [5, 5.41) is 11.0. The van der Waals surface area contributed by atoms with Crippen molar-refractivity contribution >= 4 is 41.7 Å². The molecule has 1 atom stereocenters. The molecule has 0 saturated heterocycles. The lowest BCUT2D eigenvalue weighted by atomic mass is 10.1. The highest BCUT2D eigenvalue weighted by atomic mass is 127. The van der Waals surface area contributed by atoms with Crippen molar-refractivity contribution in [3.8, 4) is 0 Å². The molecule has 0 spiro atoms. The number of hydrogen-bond donors (Lipinski definition) is 2. The van der Waals surface area contributed by atoms with E-state index >= 15 is 0 Å². The van der Waals surface area contributed by atoms with Crippen LogP contribution in [-0.4, -0.2) is 39.6 Å². The Bertz CT molecular complexity index is 751. The second kappa shape index (κ2) is 10.1. The van der Waals surface area contributed by atoms with Crippen LogP contribution in [0.3, 0.4) is 0 Å². The molecule has 1 aliphatic heterocycles. The van der Waals surface area contributed by atoms with Crippen molar-refractivity contribution in [1.29, 1.82) is 0 Å². The largest absolute Gasteiger partial charge is 0.357 e. The fourth-order valence-electron chi connectivity index (χ4n) is 2.90. The van der Waals surface area contributed by atoms with E-state index in [0.29, 0.717) is 6.54 Å². The van der Waals surface area contributed by atoms with Gasteiger partial charge in [0.25, 0.3) is 0 Å². The molecule has 9 heteroatoms. The number of aromatic nitrogens is 3. The third-order valence-electron chi connectivity index (χ3n) is 4.14. The predicted octanol–water partition coefficient (Wildman–Crippen LogP) is 2.83. The Hall–Kier alpha value is -1.36. The number of rotatable bonds is 5. The summed E-state index contributed by atoms with van der Waals surface area (Å²) in [5.74, 6) is 1.55. The maximum absolute atomic E-state index is 13.5. The lowest BCUT2D eigenvalue weighted by Gasteiger charge is -2.25. The minimum atomic E-state index is -0.230. The smallest absolute Gasteiger partial charge is 0.191 e. The molecule has 0 aliphatic carbocycles. The fourth-order valence-corrected chi connectivity index (χ4v) is 3.49. The molecule has 2 heterocycles. The summed E-state index contributed by atoms with van der Waals surface area (Å²) in [7, 11) is 0. The molecule has 0 radical (unpaired) electrons. The zero-order chi connectivity index (χ0) is 17.6. The number of nitrogens with one attached hydrogen (secondary N) is 2. The standard InChI is InChI=1S/C17H23FN6S.HI/c1-3-19-17(20-9-12-8-13(18)4-6-15(12)25-2)23-14-5-7-16-21-11-22-24(16)10-14;/h4,6,8,11,14H,3,5,7,9-10H2,1-2H3,(H2,19,20,23);1H. The van der Waals surface area contributed by atoms with E-state index in [9.17, 15) is 4.39 Å². The number of aryl methyl sites for hydroxylation is 1. The minimum absolute atomic E-state index is 0. The zero-order valence-electron chi connectivity index (χ0n) is 14.9. The van der Waals surface area contributed by atoms with Gasteiger partial charge < -0.3 is 10.6 Å². The van der Waals surface area contributed by atoms with Gasteiger partial charge >= 0.3 is 0 Å². The van der Waals surface area contributed by atoms with Gasteiger partial charge in [0.1, 0.15) is 18.0 Å². The molecular formula is C17H24FIN6S. The molecule has 1 aromatic heterocycles. The molecule has 26 heavy (non-hydrogen) atoms. The number of benzene rings is 1. The van der Waals surface area contributed by atoms with E-state index in [2.05, 4.69) is 25.7 Å². The van der Waals surface area contributed by atoms with Crippen LogP contribution in [-0.2, 0) is 19.5 Å². The lowest BCUT2D eigenvalue weighted by Crippen LogP contribution is -2.47. The highest BCUT2D eigenvalue weighted by molar-refractivity contribution is 14.0. The van der Waals surface area contributed by atoms with Crippen LogP contribution in [0.4, 0.5) is 4.39 Å². The first-order chi connectivity index (χ1) is 12.2. The van der Waals surface area contributed by atoms with E-state index in [0.717, 1.165) is 48.2 Å². The third-order valence-corrected chi connectivity index (χ3v) is 4.98. The van der Waals surface area contributed by atoms with Crippen LogP contribution in [0.25, 0.3) is 0 Å². The van der Waals surface area contributed by atoms with Crippen LogP contribution in [0, 0.1) is 5.82 Å². The monoisotopic (exact) mass is 490 g/mol. The Morgan fingerprint density at radius 3 is 3.08 bits per heavy atom. The topological polar surface area (TPSA) is 67.1 Å². The molecule has 0 fully saturated rings. The maximum atomic E-state index is 13.5. The number of nitrogens with zero attached hydrogens (tertiary/aromatic N) is 4. The zero-order valence-corrected chi connectivity index (χ0v) is 18.1. The number of guanidine groups is 1. The van der Waals surface area contributed by atoms with Gasteiger partial charge in [-0.15, -0.1) is 35.7 Å². The van der Waals surface area contributed by atoms with Crippen molar-refractivity contribution in [2.24, 2.45) is 4.99 Å². The first-order valence-electron chi connectivity index (χ1n) is 8.43. The van der Waals surface area contributed by atoms with Gasteiger partial charge in [-0.3, -0.25) is 0 Å². The molecule has 0 bridgehead atoms. The molecule has 0 saturated carbocycles. The van der Waals surface area contributed by atoms with Crippen molar-refractivity contribution in [2.75, 3.05) is 12.8 Å². The highest BCUT2D eigenvalue weighted by Crippen LogP contribution is 2.22. The molecule has 2 aromatic rings. The lowest BCUT2D eigenvalue weighted by molar-refractivity contribution is 0.392. The second-order valence-corrected chi connectivity index (χ2v) is 6.74. The predicted molar refractivity (Wildman–Crippen MR) is 114 cm³/mol. The molecule has 0 amide bonds. The number of halogens is 2. The summed E-state index contributed by atoms with van der Waals surface area (Å²) in [4.78, 5) is 9.94. The molecule has 2 N–H and O–H groups in total. The van der Waals surface area contributed by atoms with Crippen LogP contribution in [0.5, 0.6) is 0 Å². The van der Waals surface area contributed by atoms with Crippen molar-refractivity contribution in [3.05, 3.63) is 41.7 Å². The van der Waals surface area contributed by atoms with Gasteiger partial charge in [-0.05, 0) is 43.4 Å². The van der Waals surface area contributed by atoms with Crippen LogP contribution >= 0.6 is 35.7 Å². The molecule has 1 aromatic carbocycles. The summed E-state index contributed by atoms with van der Waals surface area (Å²) in [6.45, 7) is 4.01. The van der Waals surface area contributed by atoms with E-state index in [4.69, 9.17) is 0 Å². The van der Waals surface area contributed by atoms with Gasteiger partial charge in [0.15, 0.2) is 5.96 Å². The van der Waals surface area contributed by atoms with Gasteiger partial charge in [-0.1, -0.05) is 0 Å². The van der Waals surface area contributed by atoms with Gasteiger partial charge in [0, 0.05) is 23.9 Å². The molecule has 142 valence electrons. The molecular weight excluding hydrogens is 466 g/mol. The molecule has 1 aliphatic rings. The average molecular weight is 490 g/mol. The third kappa shape index (κ3) is 5.32. The molecule has 3 rings (SSSR count). The van der Waals surface area contributed by atoms with E-state index in [1.54, 1.807) is 30.2 Å². The van der Waals surface area contributed by atoms with Crippen molar-refractivity contribution < 1.29 is 4.39 Å². The first kappa shape index (κ1) is 20.9. The van der Waals surface area contributed by atoms with Crippen LogP contribution < -0.4 is 10.6 Å². The van der Waals surface area contributed by atoms with Gasteiger partial charge in [-0.25, -0.2) is 19.0 Å². The Balaban J connectivity index is 0.00000243. The normalized spacial score (nSPS) is 16.6. The SMILES string of the molecule is CCNC(=NCc1cc(F)ccc1SC)NC1CCc2ncnn2C1.I. The number of hydrogen-bond acceptors (Lipinski definition) is 4. The van der Waals surface area contributed by atoms with Gasteiger partial charge in [-0.2, -0.15) is 5.10 Å². The van der Waals surface area contributed by atoms with E-state index < -0.39 is 0 Å². The van der Waals surface area contributed by atoms with E-state index in [-0.39, 0.29) is 35.8 Å². The summed E-state index contributed by atoms with van der Waals surface area (Å²) in [6, 6.07) is 5.10. The Morgan fingerprint density at radius 2 is 2.31 bits per heavy atom. The van der Waals surface area contributed by atoms with Crippen LogP contribution in [0.15, 0.2) is 34.4 Å². The van der Waals surface area contributed by atoms with Crippen molar-refractivity contribution in [3.63, 3.8) is 0 Å². The highest BCUT2D eigenvalue weighted by Gasteiger charge is 2.20. The van der Waals surface area contributed by atoms with Crippen LogP contribution in [0.1, 0.15) is 24.7 Å². The Labute approximate surface area is 174 Å². The Kier molecular flexibility index (Phi) is 8.14. The fraction of sp³-hybridized carbons (Fsp3) is 0.471. The average Bonchev–Trinajstić information content (AvgIpc) is 3.08. The van der Waals surface area contributed by atoms with Gasteiger partial charge in [0.2, 0.25) is 0 Å². The van der Waals surface area contributed by atoms with E-state index in [1.807, 2.05) is 17.9 Å². The summed E-state index contributed by atoms with van der Waals surface area (Å²) >= 11 is 1.60. The Morgan fingerprint density at radius 1 is 1.46 bits per heavy atom.